The van der Waals surface area contributed by atoms with Crippen LogP contribution in [0.25, 0.3) is 0 Å². The van der Waals surface area contributed by atoms with Crippen molar-refractivity contribution in [2.45, 2.75) is 0 Å². The molecule has 0 saturated heterocycles. The van der Waals surface area contributed by atoms with E-state index in [9.17, 15) is 4.79 Å². The molecule has 8 heteroatoms. The van der Waals surface area contributed by atoms with Gasteiger partial charge in [-0.3, -0.25) is 4.79 Å². The number of aromatic nitrogens is 3. The summed E-state index contributed by atoms with van der Waals surface area (Å²) in [5.74, 6) is 1.93. The minimum absolute atomic E-state index is 0.217. The number of ether oxygens (including phenoxy) is 1. The summed E-state index contributed by atoms with van der Waals surface area (Å²) >= 11 is 0. The number of nitrogens with zero attached hydrogens (tertiary/aromatic N) is 3. The van der Waals surface area contributed by atoms with Gasteiger partial charge in [0, 0.05) is 30.9 Å². The zero-order chi connectivity index (χ0) is 18.9. The fraction of sp³-hybridized carbons (Fsp3) is 0.158. The number of amides is 1. The summed E-state index contributed by atoms with van der Waals surface area (Å²) in [4.78, 5) is 24.9. The molecule has 1 amide bonds. The molecule has 3 rings (SSSR count). The highest BCUT2D eigenvalue weighted by atomic mass is 16.5. The van der Waals surface area contributed by atoms with Gasteiger partial charge in [0.1, 0.15) is 11.6 Å². The van der Waals surface area contributed by atoms with Crippen molar-refractivity contribution in [3.63, 3.8) is 0 Å². The zero-order valence-corrected chi connectivity index (χ0v) is 14.8. The van der Waals surface area contributed by atoms with Crippen molar-refractivity contribution in [1.82, 2.24) is 15.0 Å². The van der Waals surface area contributed by atoms with E-state index in [0.29, 0.717) is 36.3 Å². The van der Waals surface area contributed by atoms with Gasteiger partial charge in [-0.2, -0.15) is 9.97 Å². The first-order chi connectivity index (χ1) is 13.2. The number of hydrogen-bond donors (Lipinski definition) is 3. The van der Waals surface area contributed by atoms with E-state index in [0.717, 1.165) is 5.82 Å². The Morgan fingerprint density at radius 3 is 2.56 bits per heavy atom. The van der Waals surface area contributed by atoms with Crippen LogP contribution in [0.15, 0.2) is 60.8 Å². The van der Waals surface area contributed by atoms with Gasteiger partial charge in [-0.15, -0.1) is 0 Å². The Labute approximate surface area is 157 Å². The van der Waals surface area contributed by atoms with Crippen LogP contribution in [-0.2, 0) is 0 Å². The highest BCUT2D eigenvalue weighted by Crippen LogP contribution is 2.11. The quantitative estimate of drug-likeness (QED) is 0.528. The lowest BCUT2D eigenvalue weighted by molar-refractivity contribution is 0.102. The number of carbonyl (C=O) groups excluding carboxylic acids is 1. The van der Waals surface area contributed by atoms with Gasteiger partial charge in [-0.1, -0.05) is 24.3 Å². The summed E-state index contributed by atoms with van der Waals surface area (Å²) in [7, 11) is 1.58. The molecular formula is C19H20N6O2. The number of nitrogens with one attached hydrogen (secondary N) is 3. The number of carbonyl (C=O) groups is 1. The van der Waals surface area contributed by atoms with E-state index in [4.69, 9.17) is 4.74 Å². The lowest BCUT2D eigenvalue weighted by Gasteiger charge is -2.09. The molecule has 0 unspecified atom stereocenters. The van der Waals surface area contributed by atoms with E-state index in [-0.39, 0.29) is 5.91 Å². The number of anilines is 3. The van der Waals surface area contributed by atoms with Crippen molar-refractivity contribution in [3.05, 3.63) is 66.4 Å². The summed E-state index contributed by atoms with van der Waals surface area (Å²) in [6.07, 6.45) is 1.59. The second-order valence-electron chi connectivity index (χ2n) is 5.50. The molecule has 0 spiro atoms. The van der Waals surface area contributed by atoms with Crippen molar-refractivity contribution >= 4 is 23.5 Å². The van der Waals surface area contributed by atoms with Gasteiger partial charge >= 0.3 is 0 Å². The van der Waals surface area contributed by atoms with Crippen molar-refractivity contribution in [2.75, 3.05) is 36.1 Å². The van der Waals surface area contributed by atoms with Crippen LogP contribution in [0.1, 0.15) is 10.4 Å². The number of methoxy groups -OCH3 is 1. The normalized spacial score (nSPS) is 10.1. The maximum Gasteiger partial charge on any atom is 0.256 e. The number of benzene rings is 1. The van der Waals surface area contributed by atoms with Crippen LogP contribution >= 0.6 is 0 Å². The van der Waals surface area contributed by atoms with Crippen LogP contribution in [0, 0.1) is 0 Å². The molecule has 3 N–H and O–H groups in total. The average Bonchev–Trinajstić information content (AvgIpc) is 2.72. The molecule has 0 fully saturated rings. The van der Waals surface area contributed by atoms with Gasteiger partial charge in [0.15, 0.2) is 0 Å². The molecule has 138 valence electrons. The Morgan fingerprint density at radius 1 is 0.926 bits per heavy atom. The Bertz CT molecular complexity index is 888. The van der Waals surface area contributed by atoms with E-state index in [1.807, 2.05) is 30.3 Å². The van der Waals surface area contributed by atoms with Crippen molar-refractivity contribution in [2.24, 2.45) is 0 Å². The third kappa shape index (κ3) is 5.40. The average molecular weight is 364 g/mol. The van der Waals surface area contributed by atoms with Gasteiger partial charge in [0.25, 0.3) is 5.91 Å². The molecule has 0 bridgehead atoms. The number of rotatable bonds is 8. The molecule has 3 aromatic rings. The standard InChI is InChI=1S/C19H20N6O2/c1-27-17-9-5-8-15(23-17)20-12-13-22-19-21-11-10-16(25-19)24-18(26)14-6-3-2-4-7-14/h2-11H,12-13H2,1H3,(H,20,23)(H2,21,22,24,25,26). The zero-order valence-electron chi connectivity index (χ0n) is 14.8. The second kappa shape index (κ2) is 9.14. The van der Waals surface area contributed by atoms with Gasteiger partial charge in [-0.05, 0) is 24.3 Å². The fourth-order valence-corrected chi connectivity index (χ4v) is 2.28. The predicted molar refractivity (Wildman–Crippen MR) is 104 cm³/mol. The summed E-state index contributed by atoms with van der Waals surface area (Å²) in [6.45, 7) is 1.19. The monoisotopic (exact) mass is 364 g/mol. The van der Waals surface area contributed by atoms with Crippen molar-refractivity contribution in [1.29, 1.82) is 0 Å². The SMILES string of the molecule is COc1cccc(NCCNc2nccc(NC(=O)c3ccccc3)n2)n1. The van der Waals surface area contributed by atoms with Crippen LogP contribution < -0.4 is 20.7 Å². The van der Waals surface area contributed by atoms with Crippen molar-refractivity contribution in [3.8, 4) is 5.88 Å². The van der Waals surface area contributed by atoms with Crippen LogP contribution in [0.2, 0.25) is 0 Å². The Morgan fingerprint density at radius 2 is 1.74 bits per heavy atom. The first kappa shape index (κ1) is 18.1. The summed E-state index contributed by atoms with van der Waals surface area (Å²) in [6, 6.07) is 16.1. The molecular weight excluding hydrogens is 344 g/mol. The van der Waals surface area contributed by atoms with Gasteiger partial charge < -0.3 is 20.7 Å². The minimum atomic E-state index is -0.217. The maximum absolute atomic E-state index is 12.2. The lowest BCUT2D eigenvalue weighted by Crippen LogP contribution is -2.17. The largest absolute Gasteiger partial charge is 0.481 e. The molecule has 0 aliphatic heterocycles. The molecule has 2 heterocycles. The first-order valence-electron chi connectivity index (χ1n) is 8.43. The Hall–Kier alpha value is -3.68. The molecule has 27 heavy (non-hydrogen) atoms. The van der Waals surface area contributed by atoms with Crippen molar-refractivity contribution < 1.29 is 9.53 Å². The van der Waals surface area contributed by atoms with Gasteiger partial charge in [0.2, 0.25) is 11.8 Å². The Balaban J connectivity index is 1.49. The molecule has 1 aromatic carbocycles. The van der Waals surface area contributed by atoms with E-state index < -0.39 is 0 Å². The van der Waals surface area contributed by atoms with E-state index in [1.165, 1.54) is 0 Å². The highest BCUT2D eigenvalue weighted by molar-refractivity contribution is 6.03. The van der Waals surface area contributed by atoms with E-state index >= 15 is 0 Å². The summed E-state index contributed by atoms with van der Waals surface area (Å²) in [5.41, 5.74) is 0.570. The van der Waals surface area contributed by atoms with E-state index in [1.54, 1.807) is 37.6 Å². The number of pyridine rings is 1. The fourth-order valence-electron chi connectivity index (χ4n) is 2.28. The highest BCUT2D eigenvalue weighted by Gasteiger charge is 2.07. The lowest BCUT2D eigenvalue weighted by atomic mass is 10.2. The predicted octanol–water partition coefficient (Wildman–Crippen LogP) is 2.66. The van der Waals surface area contributed by atoms with Crippen LogP contribution in [0.3, 0.4) is 0 Å². The second-order valence-corrected chi connectivity index (χ2v) is 5.50. The van der Waals surface area contributed by atoms with Crippen LogP contribution in [0.4, 0.5) is 17.6 Å². The molecule has 0 radical (unpaired) electrons. The molecule has 0 saturated carbocycles. The number of hydrogen-bond acceptors (Lipinski definition) is 7. The van der Waals surface area contributed by atoms with Crippen LogP contribution in [-0.4, -0.2) is 41.1 Å². The first-order valence-corrected chi connectivity index (χ1v) is 8.43. The van der Waals surface area contributed by atoms with Gasteiger partial charge in [0.05, 0.1) is 7.11 Å². The van der Waals surface area contributed by atoms with Gasteiger partial charge in [-0.25, -0.2) is 4.98 Å². The molecule has 0 aliphatic rings. The minimum Gasteiger partial charge on any atom is -0.481 e. The molecule has 2 aromatic heterocycles. The molecule has 0 atom stereocenters. The molecule has 8 nitrogen and oxygen atoms in total. The summed E-state index contributed by atoms with van der Waals surface area (Å²) in [5, 5.41) is 9.04. The topological polar surface area (TPSA) is 101 Å². The third-order valence-corrected chi connectivity index (χ3v) is 3.58. The third-order valence-electron chi connectivity index (χ3n) is 3.58. The van der Waals surface area contributed by atoms with E-state index in [2.05, 4.69) is 30.9 Å². The maximum atomic E-state index is 12.2. The smallest absolute Gasteiger partial charge is 0.256 e. The Kier molecular flexibility index (Phi) is 6.13. The van der Waals surface area contributed by atoms with Crippen LogP contribution in [0.5, 0.6) is 5.88 Å². The molecule has 0 aliphatic carbocycles. The summed E-state index contributed by atoms with van der Waals surface area (Å²) < 4.78 is 5.09.